The van der Waals surface area contributed by atoms with E-state index < -0.39 is 5.92 Å². The third-order valence-corrected chi connectivity index (χ3v) is 5.12. The first-order chi connectivity index (χ1) is 14.7. The van der Waals surface area contributed by atoms with E-state index in [4.69, 9.17) is 9.47 Å². The molecule has 4 nitrogen and oxygen atoms in total. The van der Waals surface area contributed by atoms with Crippen LogP contribution in [0, 0.1) is 5.92 Å². The third kappa shape index (κ3) is 9.73. The van der Waals surface area contributed by atoms with Gasteiger partial charge in [0.15, 0.2) is 0 Å². The van der Waals surface area contributed by atoms with Crippen LogP contribution in [0.3, 0.4) is 0 Å². The van der Waals surface area contributed by atoms with E-state index in [1.165, 1.54) is 19.3 Å². The highest BCUT2D eigenvalue weighted by Gasteiger charge is 2.24. The van der Waals surface area contributed by atoms with Gasteiger partial charge in [0.25, 0.3) is 0 Å². The fourth-order valence-corrected chi connectivity index (χ4v) is 3.32. The summed E-state index contributed by atoms with van der Waals surface area (Å²) in [5, 5.41) is 0. The quantitative estimate of drug-likeness (QED) is 0.274. The molecule has 1 atom stereocenters. The Bertz CT molecular complexity index is 727. The summed E-state index contributed by atoms with van der Waals surface area (Å²) >= 11 is 0. The van der Waals surface area contributed by atoms with Crippen molar-refractivity contribution in [3.8, 4) is 0 Å². The maximum Gasteiger partial charge on any atom is 0.309 e. The molecule has 2 aromatic rings. The van der Waals surface area contributed by atoms with Gasteiger partial charge >= 0.3 is 11.9 Å². The number of ether oxygens (including phenoxy) is 2. The molecule has 0 aromatic heterocycles. The Morgan fingerprint density at radius 3 is 1.87 bits per heavy atom. The van der Waals surface area contributed by atoms with Crippen LogP contribution in [0.5, 0.6) is 0 Å². The zero-order chi connectivity index (χ0) is 21.4. The Morgan fingerprint density at radius 1 is 0.733 bits per heavy atom. The average Bonchev–Trinajstić information content (AvgIpc) is 2.79. The number of carbonyl (C=O) groups is 2. The monoisotopic (exact) mass is 410 g/mol. The molecule has 0 heterocycles. The van der Waals surface area contributed by atoms with Gasteiger partial charge in [-0.25, -0.2) is 0 Å². The number of esters is 2. The second-order valence-corrected chi connectivity index (χ2v) is 7.70. The van der Waals surface area contributed by atoms with Crippen molar-refractivity contribution in [2.75, 3.05) is 0 Å². The van der Waals surface area contributed by atoms with Gasteiger partial charge in [-0.05, 0) is 17.5 Å². The highest BCUT2D eigenvalue weighted by molar-refractivity contribution is 5.80. The predicted octanol–water partition coefficient (Wildman–Crippen LogP) is 6.23. The molecule has 0 saturated carbocycles. The van der Waals surface area contributed by atoms with Gasteiger partial charge in [-0.1, -0.05) is 106 Å². The minimum Gasteiger partial charge on any atom is -0.461 e. The van der Waals surface area contributed by atoms with Crippen LogP contribution in [0.4, 0.5) is 0 Å². The van der Waals surface area contributed by atoms with Crippen LogP contribution in [-0.4, -0.2) is 11.9 Å². The summed E-state index contributed by atoms with van der Waals surface area (Å²) < 4.78 is 10.9. The minimum absolute atomic E-state index is 0.0649. The smallest absolute Gasteiger partial charge is 0.309 e. The van der Waals surface area contributed by atoms with E-state index >= 15 is 0 Å². The maximum absolute atomic E-state index is 12.7. The van der Waals surface area contributed by atoms with E-state index in [1.807, 2.05) is 60.7 Å². The van der Waals surface area contributed by atoms with E-state index in [0.717, 1.165) is 30.4 Å². The van der Waals surface area contributed by atoms with Crippen LogP contribution >= 0.6 is 0 Å². The van der Waals surface area contributed by atoms with E-state index in [-0.39, 0.29) is 31.6 Å². The molecule has 1 unspecified atom stereocenters. The van der Waals surface area contributed by atoms with Crippen LogP contribution in [0.1, 0.15) is 69.4 Å². The molecule has 0 radical (unpaired) electrons. The summed E-state index contributed by atoms with van der Waals surface area (Å²) in [5.41, 5.74) is 1.88. The largest absolute Gasteiger partial charge is 0.461 e. The number of rotatable bonds is 14. The highest BCUT2D eigenvalue weighted by atomic mass is 16.5. The van der Waals surface area contributed by atoms with Crippen molar-refractivity contribution in [2.45, 2.75) is 71.5 Å². The Morgan fingerprint density at radius 2 is 1.27 bits per heavy atom. The molecule has 4 heteroatoms. The normalized spacial score (nSPS) is 11.6. The lowest BCUT2D eigenvalue weighted by atomic mass is 9.97. The third-order valence-electron chi connectivity index (χ3n) is 5.12. The van der Waals surface area contributed by atoms with Crippen LogP contribution in [0.15, 0.2) is 60.7 Å². The minimum atomic E-state index is -0.455. The van der Waals surface area contributed by atoms with E-state index in [1.54, 1.807) is 0 Å². The van der Waals surface area contributed by atoms with Crippen molar-refractivity contribution >= 4 is 11.9 Å². The number of hydrogen-bond acceptors (Lipinski definition) is 4. The summed E-state index contributed by atoms with van der Waals surface area (Å²) in [4.78, 5) is 25.0. The van der Waals surface area contributed by atoms with Gasteiger partial charge in [-0.2, -0.15) is 0 Å². The van der Waals surface area contributed by atoms with Gasteiger partial charge in [-0.15, -0.1) is 0 Å². The Balaban J connectivity index is 1.83. The average molecular weight is 411 g/mol. The van der Waals surface area contributed by atoms with Gasteiger partial charge in [0.1, 0.15) is 13.2 Å². The van der Waals surface area contributed by atoms with Gasteiger partial charge in [0.05, 0.1) is 12.3 Å². The number of unbranched alkanes of at least 4 members (excludes halogenated alkanes) is 5. The number of benzene rings is 2. The molecular formula is C26H34O4. The fraction of sp³-hybridized carbons (Fsp3) is 0.462. The van der Waals surface area contributed by atoms with Crippen molar-refractivity contribution in [1.82, 2.24) is 0 Å². The SMILES string of the molecule is CCCCCCCCC(CC(=O)OCc1ccccc1)C(=O)OCc1ccccc1. The van der Waals surface area contributed by atoms with Gasteiger partial charge in [0.2, 0.25) is 0 Å². The zero-order valence-corrected chi connectivity index (χ0v) is 18.1. The lowest BCUT2D eigenvalue weighted by Gasteiger charge is -2.16. The molecule has 0 amide bonds. The molecule has 0 aliphatic heterocycles. The van der Waals surface area contributed by atoms with Gasteiger partial charge in [0, 0.05) is 0 Å². The number of carbonyl (C=O) groups excluding carboxylic acids is 2. The molecule has 0 N–H and O–H groups in total. The second kappa shape index (κ2) is 14.4. The highest BCUT2D eigenvalue weighted by Crippen LogP contribution is 2.19. The van der Waals surface area contributed by atoms with Crippen molar-refractivity contribution in [3.05, 3.63) is 71.8 Å². The van der Waals surface area contributed by atoms with Gasteiger partial charge < -0.3 is 9.47 Å². The molecule has 0 bridgehead atoms. The van der Waals surface area contributed by atoms with Gasteiger partial charge in [-0.3, -0.25) is 9.59 Å². The lowest BCUT2D eigenvalue weighted by Crippen LogP contribution is -2.22. The van der Waals surface area contributed by atoms with Crippen LogP contribution in [0.25, 0.3) is 0 Å². The molecule has 2 aromatic carbocycles. The molecular weight excluding hydrogens is 376 g/mol. The van der Waals surface area contributed by atoms with E-state index in [0.29, 0.717) is 6.42 Å². The first kappa shape index (κ1) is 23.7. The molecule has 0 aliphatic carbocycles. The Labute approximate surface area is 180 Å². The van der Waals surface area contributed by atoms with Crippen molar-refractivity contribution in [1.29, 1.82) is 0 Å². The summed E-state index contributed by atoms with van der Waals surface area (Å²) in [6, 6.07) is 19.2. The van der Waals surface area contributed by atoms with E-state index in [9.17, 15) is 9.59 Å². The van der Waals surface area contributed by atoms with Crippen molar-refractivity contribution in [2.24, 2.45) is 5.92 Å². The zero-order valence-electron chi connectivity index (χ0n) is 18.1. The second-order valence-electron chi connectivity index (χ2n) is 7.70. The topological polar surface area (TPSA) is 52.6 Å². The molecule has 0 saturated heterocycles. The molecule has 0 fully saturated rings. The molecule has 30 heavy (non-hydrogen) atoms. The molecule has 2 rings (SSSR count). The van der Waals surface area contributed by atoms with Crippen LogP contribution < -0.4 is 0 Å². The Hall–Kier alpha value is -2.62. The first-order valence-corrected chi connectivity index (χ1v) is 11.1. The molecule has 162 valence electrons. The summed E-state index contributed by atoms with van der Waals surface area (Å²) in [5.74, 6) is -1.13. The van der Waals surface area contributed by atoms with Crippen LogP contribution in [0.2, 0.25) is 0 Å². The van der Waals surface area contributed by atoms with Crippen molar-refractivity contribution in [3.63, 3.8) is 0 Å². The fourth-order valence-electron chi connectivity index (χ4n) is 3.32. The summed E-state index contributed by atoms with van der Waals surface area (Å²) in [7, 11) is 0. The van der Waals surface area contributed by atoms with Crippen molar-refractivity contribution < 1.29 is 19.1 Å². The Kier molecular flexibility index (Phi) is 11.3. The number of hydrogen-bond donors (Lipinski definition) is 0. The predicted molar refractivity (Wildman–Crippen MR) is 119 cm³/mol. The first-order valence-electron chi connectivity index (χ1n) is 11.1. The summed E-state index contributed by atoms with van der Waals surface area (Å²) in [6.07, 6.45) is 7.55. The summed E-state index contributed by atoms with van der Waals surface area (Å²) in [6.45, 7) is 2.65. The van der Waals surface area contributed by atoms with E-state index in [2.05, 4.69) is 6.92 Å². The molecule has 0 aliphatic rings. The molecule has 0 spiro atoms. The lowest BCUT2D eigenvalue weighted by molar-refractivity contribution is -0.157. The maximum atomic E-state index is 12.7. The van der Waals surface area contributed by atoms with Crippen LogP contribution in [-0.2, 0) is 32.3 Å². The standard InChI is InChI=1S/C26H34O4/c1-2-3-4-5-6-13-18-24(26(28)30-21-23-16-11-8-12-17-23)19-25(27)29-20-22-14-9-7-10-15-22/h7-12,14-17,24H,2-6,13,18-21H2,1H3.